The third kappa shape index (κ3) is 3.45. The number of rotatable bonds is 4. The molecular formula is C16H24N3O4S+. The van der Waals surface area contributed by atoms with Crippen LogP contribution < -0.4 is 4.90 Å². The summed E-state index contributed by atoms with van der Waals surface area (Å²) in [5, 5.41) is 11.1. The van der Waals surface area contributed by atoms with Crippen molar-refractivity contribution in [2.45, 2.75) is 43.0 Å². The van der Waals surface area contributed by atoms with E-state index in [0.717, 1.165) is 13.1 Å². The van der Waals surface area contributed by atoms with Crippen molar-refractivity contribution in [3.63, 3.8) is 0 Å². The minimum Gasteiger partial charge on any atom is -0.330 e. The highest BCUT2D eigenvalue weighted by atomic mass is 32.2. The smallest absolute Gasteiger partial charge is 0.289 e. The van der Waals surface area contributed by atoms with Crippen molar-refractivity contribution in [2.75, 3.05) is 26.2 Å². The van der Waals surface area contributed by atoms with E-state index in [0.29, 0.717) is 19.1 Å². The molecule has 132 valence electrons. The number of nitrogens with one attached hydrogen (secondary N) is 1. The molecule has 7 nitrogen and oxygen atoms in total. The van der Waals surface area contributed by atoms with Gasteiger partial charge in [0.1, 0.15) is 0 Å². The molecule has 2 aliphatic rings. The molecule has 1 saturated heterocycles. The van der Waals surface area contributed by atoms with Gasteiger partial charge in [0, 0.05) is 6.07 Å². The number of benzene rings is 1. The minimum absolute atomic E-state index is 0.198. The Bertz CT molecular complexity index is 693. The number of nitro groups is 1. The van der Waals surface area contributed by atoms with E-state index in [1.165, 1.54) is 65.6 Å². The molecule has 0 amide bonds. The number of para-hydroxylation sites is 1. The second kappa shape index (κ2) is 7.16. The maximum atomic E-state index is 12.8. The van der Waals surface area contributed by atoms with Gasteiger partial charge in [-0.05, 0) is 31.7 Å². The Hall–Kier alpha value is -1.51. The summed E-state index contributed by atoms with van der Waals surface area (Å²) in [6, 6.07) is 6.24. The molecule has 0 atom stereocenters. The van der Waals surface area contributed by atoms with Crippen LogP contribution in [-0.4, -0.2) is 49.9 Å². The lowest BCUT2D eigenvalue weighted by atomic mass is 9.94. The third-order valence-corrected chi connectivity index (χ3v) is 7.17. The Balaban J connectivity index is 1.72. The summed E-state index contributed by atoms with van der Waals surface area (Å²) in [4.78, 5) is 11.8. The van der Waals surface area contributed by atoms with Gasteiger partial charge in [0.25, 0.3) is 5.69 Å². The molecule has 1 aromatic rings. The van der Waals surface area contributed by atoms with Crippen molar-refractivity contribution >= 4 is 15.7 Å². The fourth-order valence-electron chi connectivity index (χ4n) is 3.90. The second-order valence-electron chi connectivity index (χ2n) is 6.62. The Morgan fingerprint density at radius 3 is 2.33 bits per heavy atom. The second-order valence-corrected chi connectivity index (χ2v) is 8.53. The van der Waals surface area contributed by atoms with E-state index in [1.54, 1.807) is 0 Å². The van der Waals surface area contributed by atoms with E-state index in [9.17, 15) is 18.5 Å². The highest BCUT2D eigenvalue weighted by Crippen LogP contribution is 2.26. The molecule has 3 rings (SSSR count). The fraction of sp³-hybridized carbons (Fsp3) is 0.625. The van der Waals surface area contributed by atoms with Crippen molar-refractivity contribution in [3.05, 3.63) is 34.4 Å². The van der Waals surface area contributed by atoms with Gasteiger partial charge in [0.2, 0.25) is 10.0 Å². The molecule has 0 aromatic heterocycles. The van der Waals surface area contributed by atoms with Crippen LogP contribution in [0.15, 0.2) is 29.2 Å². The van der Waals surface area contributed by atoms with Gasteiger partial charge in [-0.15, -0.1) is 0 Å². The number of nitro benzene ring substituents is 1. The first-order valence-electron chi connectivity index (χ1n) is 8.58. The average Bonchev–Trinajstić information content (AvgIpc) is 2.62. The summed E-state index contributed by atoms with van der Waals surface area (Å²) >= 11 is 0. The lowest BCUT2D eigenvalue weighted by Crippen LogP contribution is -3.18. The number of piperazine rings is 1. The molecule has 1 aliphatic carbocycles. The Kier molecular flexibility index (Phi) is 5.17. The van der Waals surface area contributed by atoms with Gasteiger partial charge in [-0.1, -0.05) is 18.6 Å². The zero-order valence-corrected chi connectivity index (χ0v) is 14.5. The van der Waals surface area contributed by atoms with Crippen LogP contribution in [0.1, 0.15) is 32.1 Å². The van der Waals surface area contributed by atoms with Crippen molar-refractivity contribution < 1.29 is 18.2 Å². The van der Waals surface area contributed by atoms with Crippen LogP contribution in [0.25, 0.3) is 0 Å². The normalized spacial score (nSPS) is 21.7. The molecule has 0 radical (unpaired) electrons. The zero-order chi connectivity index (χ0) is 17.2. The van der Waals surface area contributed by atoms with Gasteiger partial charge < -0.3 is 4.90 Å². The van der Waals surface area contributed by atoms with Crippen LogP contribution in [0.3, 0.4) is 0 Å². The monoisotopic (exact) mass is 354 g/mol. The van der Waals surface area contributed by atoms with Gasteiger partial charge in [0.15, 0.2) is 4.90 Å². The highest BCUT2D eigenvalue weighted by molar-refractivity contribution is 7.89. The molecule has 2 fully saturated rings. The molecule has 1 aromatic carbocycles. The summed E-state index contributed by atoms with van der Waals surface area (Å²) in [5.41, 5.74) is -0.348. The molecule has 1 N–H and O–H groups in total. The summed E-state index contributed by atoms with van der Waals surface area (Å²) < 4.78 is 27.0. The molecule has 24 heavy (non-hydrogen) atoms. The summed E-state index contributed by atoms with van der Waals surface area (Å²) in [7, 11) is -3.81. The molecule has 0 spiro atoms. The van der Waals surface area contributed by atoms with E-state index in [1.807, 2.05) is 0 Å². The minimum atomic E-state index is -3.81. The molecule has 0 bridgehead atoms. The van der Waals surface area contributed by atoms with Gasteiger partial charge in [0.05, 0.1) is 37.1 Å². The lowest BCUT2D eigenvalue weighted by Gasteiger charge is -2.37. The fourth-order valence-corrected chi connectivity index (χ4v) is 5.50. The summed E-state index contributed by atoms with van der Waals surface area (Å²) in [6.07, 6.45) is 6.30. The Labute approximate surface area is 142 Å². The highest BCUT2D eigenvalue weighted by Gasteiger charge is 2.36. The van der Waals surface area contributed by atoms with Gasteiger partial charge in [-0.3, -0.25) is 10.1 Å². The number of quaternary nitrogens is 1. The predicted octanol–water partition coefficient (Wildman–Crippen LogP) is 0.817. The average molecular weight is 354 g/mol. The SMILES string of the molecule is O=[N+]([O-])c1ccccc1S(=O)(=O)N1CC[NH+](C2CCCCC2)CC1. The van der Waals surface area contributed by atoms with Crippen LogP contribution in [0.2, 0.25) is 0 Å². The van der Waals surface area contributed by atoms with E-state index in [4.69, 9.17) is 0 Å². The zero-order valence-electron chi connectivity index (χ0n) is 13.7. The van der Waals surface area contributed by atoms with E-state index < -0.39 is 14.9 Å². The first kappa shape index (κ1) is 17.3. The van der Waals surface area contributed by atoms with E-state index in [-0.39, 0.29) is 10.6 Å². The molecular weight excluding hydrogens is 330 g/mol. The molecule has 0 unspecified atom stereocenters. The van der Waals surface area contributed by atoms with Crippen LogP contribution in [-0.2, 0) is 10.0 Å². The number of nitrogens with zero attached hydrogens (tertiary/aromatic N) is 2. The van der Waals surface area contributed by atoms with Gasteiger partial charge in [-0.25, -0.2) is 8.42 Å². The standard InChI is InChI=1S/C16H23N3O4S/c20-19(21)15-8-4-5-9-16(15)24(22,23)18-12-10-17(11-13-18)14-6-2-1-3-7-14/h4-5,8-9,14H,1-3,6-7,10-13H2/p+1. The molecule has 1 heterocycles. The first-order chi connectivity index (χ1) is 11.5. The summed E-state index contributed by atoms with van der Waals surface area (Å²) in [6.45, 7) is 2.43. The summed E-state index contributed by atoms with van der Waals surface area (Å²) in [5.74, 6) is 0. The topological polar surface area (TPSA) is 85.0 Å². The van der Waals surface area contributed by atoms with Crippen LogP contribution >= 0.6 is 0 Å². The number of hydrogen-bond donors (Lipinski definition) is 1. The van der Waals surface area contributed by atoms with E-state index >= 15 is 0 Å². The molecule has 1 aliphatic heterocycles. The maximum absolute atomic E-state index is 12.8. The lowest BCUT2D eigenvalue weighted by molar-refractivity contribution is -0.930. The van der Waals surface area contributed by atoms with Gasteiger partial charge in [-0.2, -0.15) is 4.31 Å². The number of hydrogen-bond acceptors (Lipinski definition) is 4. The first-order valence-corrected chi connectivity index (χ1v) is 10.0. The van der Waals surface area contributed by atoms with Gasteiger partial charge >= 0.3 is 0 Å². The maximum Gasteiger partial charge on any atom is 0.289 e. The molecule has 1 saturated carbocycles. The van der Waals surface area contributed by atoms with Crippen LogP contribution in [0.4, 0.5) is 5.69 Å². The van der Waals surface area contributed by atoms with Crippen molar-refractivity contribution in [1.82, 2.24) is 4.31 Å². The van der Waals surface area contributed by atoms with Crippen molar-refractivity contribution in [2.24, 2.45) is 0 Å². The van der Waals surface area contributed by atoms with Crippen molar-refractivity contribution in [3.8, 4) is 0 Å². The largest absolute Gasteiger partial charge is 0.330 e. The number of sulfonamides is 1. The van der Waals surface area contributed by atoms with Crippen LogP contribution in [0.5, 0.6) is 0 Å². The Morgan fingerprint density at radius 2 is 1.71 bits per heavy atom. The third-order valence-electron chi connectivity index (χ3n) is 5.23. The Morgan fingerprint density at radius 1 is 1.08 bits per heavy atom. The molecule has 8 heteroatoms. The predicted molar refractivity (Wildman–Crippen MR) is 89.4 cm³/mol. The van der Waals surface area contributed by atoms with Crippen molar-refractivity contribution in [1.29, 1.82) is 0 Å². The van der Waals surface area contributed by atoms with Crippen LogP contribution in [0, 0.1) is 10.1 Å². The van der Waals surface area contributed by atoms with E-state index in [2.05, 4.69) is 0 Å². The quantitative estimate of drug-likeness (QED) is 0.641.